The molecule has 1 aromatic rings. The van der Waals surface area contributed by atoms with Crippen molar-refractivity contribution in [2.45, 2.75) is 45.8 Å². The molecule has 1 aromatic heterocycles. The summed E-state index contributed by atoms with van der Waals surface area (Å²) in [7, 11) is 0. The predicted molar refractivity (Wildman–Crippen MR) is 74.5 cm³/mol. The van der Waals surface area contributed by atoms with E-state index in [1.54, 1.807) is 0 Å². The lowest BCUT2D eigenvalue weighted by Crippen LogP contribution is -2.56. The maximum Gasteiger partial charge on any atom is 0.0536 e. The zero-order chi connectivity index (χ0) is 13.0. The van der Waals surface area contributed by atoms with Gasteiger partial charge >= 0.3 is 0 Å². The minimum Gasteiger partial charge on any atom is -0.311 e. The van der Waals surface area contributed by atoms with Crippen LogP contribution in [0.3, 0.4) is 0 Å². The second kappa shape index (κ2) is 6.34. The van der Waals surface area contributed by atoms with Crippen LogP contribution in [0.5, 0.6) is 0 Å². The van der Waals surface area contributed by atoms with Gasteiger partial charge in [-0.2, -0.15) is 5.10 Å². The van der Waals surface area contributed by atoms with Crippen LogP contribution in [0.15, 0.2) is 18.5 Å². The third-order valence-corrected chi connectivity index (χ3v) is 3.65. The molecule has 4 nitrogen and oxygen atoms in total. The van der Waals surface area contributed by atoms with Crippen LogP contribution >= 0.6 is 0 Å². The van der Waals surface area contributed by atoms with Crippen LogP contribution in [0.4, 0.5) is 0 Å². The lowest BCUT2D eigenvalue weighted by Gasteiger charge is -2.40. The first-order valence-electron chi connectivity index (χ1n) is 7.10. The number of hydrogen-bond acceptors (Lipinski definition) is 3. The fraction of sp³-hybridized carbons (Fsp3) is 0.786. The molecule has 1 N–H and O–H groups in total. The van der Waals surface area contributed by atoms with Gasteiger partial charge in [0.2, 0.25) is 0 Å². The predicted octanol–water partition coefficient (Wildman–Crippen LogP) is 1.59. The summed E-state index contributed by atoms with van der Waals surface area (Å²) >= 11 is 0. The highest BCUT2D eigenvalue weighted by atomic mass is 15.3. The molecule has 1 aliphatic heterocycles. The van der Waals surface area contributed by atoms with Crippen molar-refractivity contribution < 1.29 is 0 Å². The van der Waals surface area contributed by atoms with Crippen molar-refractivity contribution in [2.24, 2.45) is 5.92 Å². The Labute approximate surface area is 110 Å². The SMILES string of the molecule is CC(C)CC1CNC(C)CN1CCn1cccn1. The fourth-order valence-corrected chi connectivity index (χ4v) is 2.75. The van der Waals surface area contributed by atoms with E-state index in [0.717, 1.165) is 32.1 Å². The van der Waals surface area contributed by atoms with Crippen LogP contribution in [0.1, 0.15) is 27.2 Å². The maximum atomic E-state index is 4.28. The molecule has 0 aliphatic carbocycles. The summed E-state index contributed by atoms with van der Waals surface area (Å²) in [6.07, 6.45) is 5.17. The monoisotopic (exact) mass is 250 g/mol. The molecule has 2 rings (SSSR count). The van der Waals surface area contributed by atoms with Crippen molar-refractivity contribution in [3.05, 3.63) is 18.5 Å². The summed E-state index contributed by atoms with van der Waals surface area (Å²) in [6, 6.07) is 3.27. The van der Waals surface area contributed by atoms with Crippen LogP contribution in [0, 0.1) is 5.92 Å². The third kappa shape index (κ3) is 3.82. The van der Waals surface area contributed by atoms with Gasteiger partial charge in [0.05, 0.1) is 6.54 Å². The van der Waals surface area contributed by atoms with Crippen LogP contribution in [-0.2, 0) is 6.54 Å². The van der Waals surface area contributed by atoms with Gasteiger partial charge in [0, 0.05) is 44.1 Å². The summed E-state index contributed by atoms with van der Waals surface area (Å²) in [5.74, 6) is 0.761. The highest BCUT2D eigenvalue weighted by Gasteiger charge is 2.25. The van der Waals surface area contributed by atoms with Crippen molar-refractivity contribution in [1.82, 2.24) is 20.0 Å². The lowest BCUT2D eigenvalue weighted by molar-refractivity contribution is 0.113. The van der Waals surface area contributed by atoms with Crippen molar-refractivity contribution in [3.8, 4) is 0 Å². The highest BCUT2D eigenvalue weighted by Crippen LogP contribution is 2.15. The zero-order valence-corrected chi connectivity index (χ0v) is 11.8. The Morgan fingerprint density at radius 3 is 2.89 bits per heavy atom. The zero-order valence-electron chi connectivity index (χ0n) is 11.8. The first kappa shape index (κ1) is 13.6. The van der Waals surface area contributed by atoms with Gasteiger partial charge in [0.15, 0.2) is 0 Å². The van der Waals surface area contributed by atoms with Crippen LogP contribution in [-0.4, -0.2) is 46.4 Å². The fourth-order valence-electron chi connectivity index (χ4n) is 2.75. The molecule has 2 heterocycles. The van der Waals surface area contributed by atoms with Crippen molar-refractivity contribution in [2.75, 3.05) is 19.6 Å². The smallest absolute Gasteiger partial charge is 0.0536 e. The largest absolute Gasteiger partial charge is 0.311 e. The standard InChI is InChI=1S/C14H26N4/c1-12(2)9-14-10-15-13(3)11-17(14)7-8-18-6-4-5-16-18/h4-6,12-15H,7-11H2,1-3H3. The summed E-state index contributed by atoms with van der Waals surface area (Å²) in [5.41, 5.74) is 0. The summed E-state index contributed by atoms with van der Waals surface area (Å²) in [5, 5.41) is 7.88. The number of aromatic nitrogens is 2. The van der Waals surface area contributed by atoms with Gasteiger partial charge in [-0.05, 0) is 25.3 Å². The first-order valence-corrected chi connectivity index (χ1v) is 7.10. The number of piperazine rings is 1. The minimum atomic E-state index is 0.603. The van der Waals surface area contributed by atoms with Gasteiger partial charge in [-0.3, -0.25) is 9.58 Å². The van der Waals surface area contributed by atoms with E-state index in [-0.39, 0.29) is 0 Å². The van der Waals surface area contributed by atoms with Gasteiger partial charge in [-0.1, -0.05) is 13.8 Å². The van der Waals surface area contributed by atoms with Crippen molar-refractivity contribution in [1.29, 1.82) is 0 Å². The average Bonchev–Trinajstić information content (AvgIpc) is 2.82. The molecular weight excluding hydrogens is 224 g/mol. The van der Waals surface area contributed by atoms with E-state index < -0.39 is 0 Å². The Kier molecular flexibility index (Phi) is 4.78. The minimum absolute atomic E-state index is 0.603. The summed E-state index contributed by atoms with van der Waals surface area (Å²) in [4.78, 5) is 2.63. The molecule has 2 unspecified atom stereocenters. The first-order chi connectivity index (χ1) is 8.65. The Hall–Kier alpha value is -0.870. The van der Waals surface area contributed by atoms with E-state index in [1.807, 2.05) is 23.1 Å². The highest BCUT2D eigenvalue weighted by molar-refractivity contribution is 4.85. The molecule has 0 radical (unpaired) electrons. The number of rotatable bonds is 5. The molecule has 1 aliphatic rings. The van der Waals surface area contributed by atoms with E-state index in [1.165, 1.54) is 6.42 Å². The molecule has 0 bridgehead atoms. The maximum absolute atomic E-state index is 4.28. The van der Waals surface area contributed by atoms with Crippen molar-refractivity contribution >= 4 is 0 Å². The van der Waals surface area contributed by atoms with E-state index >= 15 is 0 Å². The molecule has 102 valence electrons. The third-order valence-electron chi connectivity index (χ3n) is 3.65. The molecule has 2 atom stereocenters. The second-order valence-electron chi connectivity index (χ2n) is 5.86. The van der Waals surface area contributed by atoms with Crippen LogP contribution in [0.25, 0.3) is 0 Å². The Morgan fingerprint density at radius 2 is 2.22 bits per heavy atom. The quantitative estimate of drug-likeness (QED) is 0.861. The average molecular weight is 250 g/mol. The van der Waals surface area contributed by atoms with Gasteiger partial charge in [-0.15, -0.1) is 0 Å². The number of nitrogens with one attached hydrogen (secondary N) is 1. The lowest BCUT2D eigenvalue weighted by atomic mass is 9.99. The normalized spacial score (nSPS) is 25.8. The van der Waals surface area contributed by atoms with E-state index in [9.17, 15) is 0 Å². The van der Waals surface area contributed by atoms with Gasteiger partial charge in [0.1, 0.15) is 0 Å². The molecule has 4 heteroatoms. The van der Waals surface area contributed by atoms with Crippen LogP contribution in [0.2, 0.25) is 0 Å². The molecule has 1 fully saturated rings. The van der Waals surface area contributed by atoms with Gasteiger partial charge in [0.25, 0.3) is 0 Å². The van der Waals surface area contributed by atoms with E-state index in [2.05, 4.69) is 36.1 Å². The second-order valence-corrected chi connectivity index (χ2v) is 5.86. The van der Waals surface area contributed by atoms with Crippen molar-refractivity contribution in [3.63, 3.8) is 0 Å². The molecular formula is C14H26N4. The Morgan fingerprint density at radius 1 is 1.39 bits per heavy atom. The van der Waals surface area contributed by atoms with Crippen LogP contribution < -0.4 is 5.32 Å². The van der Waals surface area contributed by atoms with E-state index in [0.29, 0.717) is 12.1 Å². The van der Waals surface area contributed by atoms with Gasteiger partial charge < -0.3 is 5.32 Å². The molecule has 18 heavy (non-hydrogen) atoms. The van der Waals surface area contributed by atoms with Gasteiger partial charge in [-0.25, -0.2) is 0 Å². The Balaban J connectivity index is 1.88. The topological polar surface area (TPSA) is 33.1 Å². The van der Waals surface area contributed by atoms with E-state index in [4.69, 9.17) is 0 Å². The number of nitrogens with zero attached hydrogens (tertiary/aromatic N) is 3. The molecule has 0 amide bonds. The summed E-state index contributed by atoms with van der Waals surface area (Å²) in [6.45, 7) is 11.3. The molecule has 0 aromatic carbocycles. The Bertz CT molecular complexity index is 334. The molecule has 1 saturated heterocycles. The summed E-state index contributed by atoms with van der Waals surface area (Å²) < 4.78 is 2.03. The molecule has 0 spiro atoms. The molecule has 0 saturated carbocycles. The number of hydrogen-bond donors (Lipinski definition) is 1.